The number of phenolic OH excluding ortho intramolecular Hbond substituents is 1. The van der Waals surface area contributed by atoms with E-state index in [9.17, 15) is 24.3 Å². The highest BCUT2D eigenvalue weighted by Crippen LogP contribution is 2.40. The molecule has 0 radical (unpaired) electrons. The third-order valence-corrected chi connectivity index (χ3v) is 15.1. The number of likely N-dealkylation sites (N-methyl/N-ethyl adjacent to an activating group) is 1. The number of aryl methyl sites for hydroxylation is 1. The number of aldehydes is 1. The van der Waals surface area contributed by atoms with Gasteiger partial charge in [0.2, 0.25) is 18.2 Å². The van der Waals surface area contributed by atoms with Gasteiger partial charge in [0.05, 0.1) is 24.1 Å². The summed E-state index contributed by atoms with van der Waals surface area (Å²) in [6, 6.07) is 14.3. The number of benzene rings is 3. The number of phenols is 1. The SMILES string of the molecule is C=CSC(=C(C)C)c1ccc(CNC=O)cc1.CC(C)C.CCC.CCc1c(F)ccc2cc(O)cc(-c3ncc4c(N5CC6CCC(C5)N6)nc(OC[C@@H]5CCCN5C(=O)CCCCC(=O)NCC=O)nc4c3F)c12.CN1CC[C@@H](O)C1. The lowest BCUT2D eigenvalue weighted by Crippen LogP contribution is -2.51. The quantitative estimate of drug-likeness (QED) is 0.0386. The van der Waals surface area contributed by atoms with Gasteiger partial charge >= 0.3 is 6.01 Å². The molecule has 4 atom stereocenters. The molecule has 9 rings (SSSR count). The van der Waals surface area contributed by atoms with Gasteiger partial charge in [-0.3, -0.25) is 19.4 Å². The van der Waals surface area contributed by atoms with E-state index >= 15 is 8.78 Å². The first-order valence-corrected chi connectivity index (χ1v) is 30.3. The van der Waals surface area contributed by atoms with E-state index in [1.807, 2.05) is 31.5 Å². The lowest BCUT2D eigenvalue weighted by atomic mass is 9.94. The third-order valence-electron chi connectivity index (χ3n) is 14.1. The number of likely N-dealkylation sites (tertiary alicyclic amines) is 2. The molecule has 0 aliphatic carbocycles. The number of piperazine rings is 1. The highest BCUT2D eigenvalue weighted by molar-refractivity contribution is 8.10. The number of halogens is 2. The molecule has 452 valence electrons. The van der Waals surface area contributed by atoms with Crippen LogP contribution < -0.4 is 25.6 Å². The molecule has 5 aromatic rings. The molecule has 2 bridgehead atoms. The summed E-state index contributed by atoms with van der Waals surface area (Å²) in [4.78, 5) is 66.8. The van der Waals surface area contributed by atoms with E-state index in [1.165, 1.54) is 40.7 Å². The fourth-order valence-corrected chi connectivity index (χ4v) is 11.1. The minimum Gasteiger partial charge on any atom is -0.508 e. The number of aromatic nitrogens is 3. The Kier molecular flexibility index (Phi) is 27.8. The number of aliphatic hydroxyl groups excluding tert-OH is 1. The number of pyridine rings is 1. The van der Waals surface area contributed by atoms with E-state index in [2.05, 4.69) is 103 Å². The minimum atomic E-state index is -0.736. The van der Waals surface area contributed by atoms with Crippen LogP contribution in [0.15, 0.2) is 72.3 Å². The summed E-state index contributed by atoms with van der Waals surface area (Å²) in [5, 5.41) is 31.5. The Morgan fingerprint density at radius 1 is 0.940 bits per heavy atom. The van der Waals surface area contributed by atoms with Crippen molar-refractivity contribution >= 4 is 68.7 Å². The van der Waals surface area contributed by atoms with E-state index in [4.69, 9.17) is 14.8 Å². The van der Waals surface area contributed by atoms with Crippen LogP contribution in [-0.2, 0) is 32.1 Å². The normalized spacial score (nSPS) is 17.9. The van der Waals surface area contributed by atoms with Gasteiger partial charge in [-0.1, -0.05) is 102 Å². The Morgan fingerprint density at radius 2 is 1.63 bits per heavy atom. The molecule has 16 nitrogen and oxygen atoms in total. The van der Waals surface area contributed by atoms with Crippen LogP contribution in [0.3, 0.4) is 0 Å². The Balaban J connectivity index is 0.000000331. The summed E-state index contributed by atoms with van der Waals surface area (Å²) < 4.78 is 38.1. The maximum Gasteiger partial charge on any atom is 0.319 e. The van der Waals surface area contributed by atoms with E-state index in [1.54, 1.807) is 28.9 Å². The molecule has 19 heteroatoms. The lowest BCUT2D eigenvalue weighted by molar-refractivity contribution is -0.133. The number of nitrogens with zero attached hydrogens (tertiary/aromatic N) is 6. The van der Waals surface area contributed by atoms with Crippen molar-refractivity contribution in [2.24, 2.45) is 5.92 Å². The largest absolute Gasteiger partial charge is 0.508 e. The smallest absolute Gasteiger partial charge is 0.319 e. The number of hydrogen-bond donors (Lipinski definition) is 5. The van der Waals surface area contributed by atoms with Gasteiger partial charge in [-0.15, -0.1) is 0 Å². The highest BCUT2D eigenvalue weighted by Gasteiger charge is 2.35. The predicted molar refractivity (Wildman–Crippen MR) is 331 cm³/mol. The van der Waals surface area contributed by atoms with Crippen molar-refractivity contribution in [3.05, 3.63) is 101 Å². The van der Waals surface area contributed by atoms with Gasteiger partial charge in [-0.05, 0) is 129 Å². The Bertz CT molecular complexity index is 2940. The van der Waals surface area contributed by atoms with Crippen molar-refractivity contribution in [1.82, 2.24) is 40.7 Å². The molecule has 0 spiro atoms. The van der Waals surface area contributed by atoms with Crippen LogP contribution in [0.1, 0.15) is 136 Å². The summed E-state index contributed by atoms with van der Waals surface area (Å²) in [7, 11) is 2.02. The van der Waals surface area contributed by atoms with Crippen molar-refractivity contribution in [3.63, 3.8) is 0 Å². The van der Waals surface area contributed by atoms with Gasteiger partial charge < -0.3 is 50.4 Å². The van der Waals surface area contributed by atoms with E-state index in [0.717, 1.165) is 56.7 Å². The molecule has 4 saturated heterocycles. The third kappa shape index (κ3) is 20.1. The molecular weight excluding hydrogens is 1080 g/mol. The zero-order valence-electron chi connectivity index (χ0n) is 50.2. The molecule has 2 aromatic heterocycles. The number of carbonyl (C=O) groups excluding carboxylic acids is 4. The maximum atomic E-state index is 16.9. The van der Waals surface area contributed by atoms with Crippen LogP contribution >= 0.6 is 11.8 Å². The molecule has 4 aliphatic rings. The number of anilines is 1. The minimum absolute atomic E-state index is 0.00152. The van der Waals surface area contributed by atoms with Gasteiger partial charge in [-0.2, -0.15) is 9.97 Å². The predicted octanol–water partition coefficient (Wildman–Crippen LogP) is 10.9. The first kappa shape index (κ1) is 67.3. The molecule has 3 amide bonds. The molecular formula is C64H89F2N9O7S. The number of hydrogen-bond acceptors (Lipinski definition) is 14. The van der Waals surface area contributed by atoms with E-state index in [-0.39, 0.29) is 90.6 Å². The number of amides is 3. The van der Waals surface area contributed by atoms with Crippen LogP contribution in [0.5, 0.6) is 11.8 Å². The first-order chi connectivity index (χ1) is 39.9. The molecule has 3 aromatic carbocycles. The average Bonchev–Trinajstić information content (AvgIpc) is 4.33. The Labute approximate surface area is 494 Å². The topological polar surface area (TPSA) is 202 Å². The van der Waals surface area contributed by atoms with E-state index < -0.39 is 11.6 Å². The fraction of sp³-hybridized carbons (Fsp3) is 0.516. The van der Waals surface area contributed by atoms with Gasteiger partial charge in [0, 0.05) is 80.9 Å². The molecule has 5 N–H and O–H groups in total. The van der Waals surface area contributed by atoms with Crippen molar-refractivity contribution in [2.45, 2.75) is 157 Å². The number of carbonyl (C=O) groups is 4. The molecule has 83 heavy (non-hydrogen) atoms. The summed E-state index contributed by atoms with van der Waals surface area (Å²) in [6.07, 6.45) is 10.6. The standard InChI is InChI=1S/C38H43F2N7O5.C14H17NOS.C5H11NO.C4H10.C3H8/c1-2-27-30(39)12-9-22-16-26(49)17-28(33(22)27)35-34(40)36-29(18-42-35)37(46-19-23-10-11-24(20-46)43-23)45-38(44-36)52-21-25-6-5-14-47(25)32(51)8-4-3-7-31(50)41-13-15-48;1-4-17-14(11(2)3)13-7-5-12(6-8-13)9-15-10-16;1-6-3-2-5(7)4-6;1-4(2)3;1-3-2/h9,12,15-18,23-25,43,49H,2-8,10-11,13-14,19-21H2,1H3,(H,41,50);4-8,10H,1,9H2,2-3H3,(H,15,16);5,7H,2-4H2,1H3;4H,1-3H3;3H2,1-2H3/t23?,24?,25-;;5-;;/m0.1../s1. The van der Waals surface area contributed by atoms with Crippen LogP contribution in [0.25, 0.3) is 37.8 Å². The van der Waals surface area contributed by atoms with Crippen molar-refractivity contribution in [2.75, 3.05) is 57.8 Å². The number of aliphatic hydroxyl groups is 1. The van der Waals surface area contributed by atoms with E-state index in [0.29, 0.717) is 85.7 Å². The number of ether oxygens (including phenoxy) is 1. The molecule has 4 fully saturated rings. The zero-order chi connectivity index (χ0) is 60.6. The van der Waals surface area contributed by atoms with Crippen molar-refractivity contribution in [3.8, 4) is 23.0 Å². The summed E-state index contributed by atoms with van der Waals surface area (Å²) >= 11 is 1.63. The Hall–Kier alpha value is -6.54. The summed E-state index contributed by atoms with van der Waals surface area (Å²) in [6.45, 7) is 25.0. The second-order valence-corrected chi connectivity index (χ2v) is 23.3. The van der Waals surface area contributed by atoms with Gasteiger partial charge in [0.15, 0.2) is 5.82 Å². The van der Waals surface area contributed by atoms with Crippen molar-refractivity contribution in [1.29, 1.82) is 0 Å². The number of fused-ring (bicyclic) bond motifs is 4. The summed E-state index contributed by atoms with van der Waals surface area (Å²) in [5.41, 5.74) is 4.14. The van der Waals surface area contributed by atoms with Crippen molar-refractivity contribution < 1.29 is 42.9 Å². The number of thioether (sulfide) groups is 1. The molecule has 2 unspecified atom stereocenters. The number of nitrogens with one attached hydrogen (secondary N) is 3. The molecule has 6 heterocycles. The van der Waals surface area contributed by atoms with Crippen LogP contribution in [-0.4, -0.2) is 137 Å². The molecule has 4 aliphatic heterocycles. The second kappa shape index (κ2) is 34.3. The van der Waals surface area contributed by atoms with Gasteiger partial charge in [0.25, 0.3) is 0 Å². The Morgan fingerprint density at radius 3 is 2.22 bits per heavy atom. The number of aromatic hydroxyl groups is 1. The van der Waals surface area contributed by atoms with Gasteiger partial charge in [-0.25, -0.2) is 8.78 Å². The highest BCUT2D eigenvalue weighted by atomic mass is 32.2. The number of unbranched alkanes of at least 4 members (excludes halogenated alkanes) is 1. The number of rotatable bonds is 19. The first-order valence-electron chi connectivity index (χ1n) is 29.4. The van der Waals surface area contributed by atoms with Crippen LogP contribution in [0.2, 0.25) is 0 Å². The second-order valence-electron chi connectivity index (χ2n) is 22.4. The van der Waals surface area contributed by atoms with Crippen LogP contribution in [0, 0.1) is 17.6 Å². The number of allylic oxidation sites excluding steroid dienone is 1. The average molecular weight is 1170 g/mol. The van der Waals surface area contributed by atoms with Gasteiger partial charge in [0.1, 0.15) is 41.5 Å². The monoisotopic (exact) mass is 1170 g/mol. The maximum absolute atomic E-state index is 16.9. The van der Waals surface area contributed by atoms with Crippen LogP contribution in [0.4, 0.5) is 14.6 Å². The fourth-order valence-electron chi connectivity index (χ4n) is 10.4. The summed E-state index contributed by atoms with van der Waals surface area (Å²) in [5.74, 6) is -0.163. The lowest BCUT2D eigenvalue weighted by Gasteiger charge is -2.34. The molecule has 0 saturated carbocycles. The zero-order valence-corrected chi connectivity index (χ0v) is 51.1. The number of β-amino-alcohol motifs (C(OH)–C–C–N with tert-alkyl or cyclic N) is 1.